The number of aryl methyl sites for hydroxylation is 1. The zero-order valence-corrected chi connectivity index (χ0v) is 15.9. The summed E-state index contributed by atoms with van der Waals surface area (Å²) in [6, 6.07) is 23.5. The third kappa shape index (κ3) is 3.87. The summed E-state index contributed by atoms with van der Waals surface area (Å²) in [6.45, 7) is 2.16. The molecule has 1 heterocycles. The van der Waals surface area contributed by atoms with E-state index in [0.717, 1.165) is 21.9 Å². The zero-order chi connectivity index (χ0) is 20.2. The van der Waals surface area contributed by atoms with Crippen LogP contribution in [0.3, 0.4) is 0 Å². The lowest BCUT2D eigenvalue weighted by Gasteiger charge is -2.08. The van der Waals surface area contributed by atoms with E-state index >= 15 is 0 Å². The standard InChI is InChI=1S/C23H20N4O2/c1-15-20(21(29-27-15)17-9-3-2-4-10-17)22(28)26-23(24)25-14-18-12-7-11-16-8-5-6-13-19(16)18/h2-13H,14H2,1H3,(H3,24,25,26,28). The van der Waals surface area contributed by atoms with Gasteiger partial charge in [-0.15, -0.1) is 0 Å². The number of amides is 1. The highest BCUT2D eigenvalue weighted by atomic mass is 16.5. The Balaban J connectivity index is 1.54. The summed E-state index contributed by atoms with van der Waals surface area (Å²) < 4.78 is 5.36. The Bertz CT molecular complexity index is 1190. The largest absolute Gasteiger partial charge is 0.370 e. The molecule has 0 saturated heterocycles. The second kappa shape index (κ2) is 7.98. The van der Waals surface area contributed by atoms with E-state index in [9.17, 15) is 4.79 Å². The van der Waals surface area contributed by atoms with Gasteiger partial charge in [0.15, 0.2) is 11.7 Å². The third-order valence-corrected chi connectivity index (χ3v) is 4.67. The Kier molecular flexibility index (Phi) is 5.07. The number of carbonyl (C=O) groups is 1. The lowest BCUT2D eigenvalue weighted by molar-refractivity contribution is 0.100. The molecule has 3 aromatic carbocycles. The lowest BCUT2D eigenvalue weighted by Crippen LogP contribution is -2.32. The van der Waals surface area contributed by atoms with Crippen molar-refractivity contribution in [3.63, 3.8) is 0 Å². The first-order chi connectivity index (χ1) is 14.1. The quantitative estimate of drug-likeness (QED) is 0.409. The predicted octanol–water partition coefficient (Wildman–Crippen LogP) is 4.05. The number of nitrogens with zero attached hydrogens (tertiary/aromatic N) is 2. The number of hydrogen-bond acceptors (Lipinski definition) is 3. The molecule has 0 aliphatic heterocycles. The maximum Gasteiger partial charge on any atom is 0.286 e. The zero-order valence-electron chi connectivity index (χ0n) is 15.9. The minimum absolute atomic E-state index is 0.0440. The smallest absolute Gasteiger partial charge is 0.286 e. The molecular weight excluding hydrogens is 364 g/mol. The van der Waals surface area contributed by atoms with Gasteiger partial charge in [0.25, 0.3) is 5.91 Å². The number of nitrogens with two attached hydrogens (primary N) is 1. The fourth-order valence-electron chi connectivity index (χ4n) is 3.25. The number of carbonyl (C=O) groups excluding carboxylic acids is 1. The molecule has 144 valence electrons. The van der Waals surface area contributed by atoms with Crippen molar-refractivity contribution in [2.45, 2.75) is 13.5 Å². The minimum Gasteiger partial charge on any atom is -0.370 e. The van der Waals surface area contributed by atoms with Crippen LogP contribution >= 0.6 is 0 Å². The predicted molar refractivity (Wildman–Crippen MR) is 113 cm³/mol. The molecule has 0 atom stereocenters. The summed E-state index contributed by atoms with van der Waals surface area (Å²) >= 11 is 0. The highest BCUT2D eigenvalue weighted by Crippen LogP contribution is 2.26. The SMILES string of the molecule is Cc1noc(-c2ccccc2)c1C(=O)/N=C(\N)NCc1cccc2ccccc12. The second-order valence-corrected chi connectivity index (χ2v) is 6.63. The van der Waals surface area contributed by atoms with Gasteiger partial charge < -0.3 is 15.6 Å². The fraction of sp³-hybridized carbons (Fsp3) is 0.0870. The first kappa shape index (κ1) is 18.4. The van der Waals surface area contributed by atoms with Crippen LogP contribution in [0.15, 0.2) is 82.3 Å². The van der Waals surface area contributed by atoms with Crippen LogP contribution in [0, 0.1) is 6.92 Å². The monoisotopic (exact) mass is 384 g/mol. The summed E-state index contributed by atoms with van der Waals surface area (Å²) in [4.78, 5) is 16.8. The summed E-state index contributed by atoms with van der Waals surface area (Å²) in [6.07, 6.45) is 0. The van der Waals surface area contributed by atoms with Crippen molar-refractivity contribution in [3.8, 4) is 11.3 Å². The fourth-order valence-corrected chi connectivity index (χ4v) is 3.25. The van der Waals surface area contributed by atoms with Crippen LogP contribution < -0.4 is 11.1 Å². The number of benzene rings is 3. The van der Waals surface area contributed by atoms with Crippen LogP contribution in [0.1, 0.15) is 21.6 Å². The topological polar surface area (TPSA) is 93.5 Å². The van der Waals surface area contributed by atoms with Gasteiger partial charge in [-0.3, -0.25) is 4.79 Å². The minimum atomic E-state index is -0.495. The lowest BCUT2D eigenvalue weighted by atomic mass is 10.0. The Morgan fingerprint density at radius 1 is 1.03 bits per heavy atom. The first-order valence-corrected chi connectivity index (χ1v) is 9.24. The molecule has 6 nitrogen and oxygen atoms in total. The van der Waals surface area contributed by atoms with Gasteiger partial charge in [-0.1, -0.05) is 78.0 Å². The molecule has 6 heteroatoms. The van der Waals surface area contributed by atoms with Crippen LogP contribution in [-0.2, 0) is 6.54 Å². The van der Waals surface area contributed by atoms with Crippen molar-refractivity contribution < 1.29 is 9.32 Å². The molecule has 0 aliphatic rings. The molecule has 0 bridgehead atoms. The van der Waals surface area contributed by atoms with Crippen molar-refractivity contribution >= 4 is 22.6 Å². The van der Waals surface area contributed by atoms with Gasteiger partial charge in [-0.2, -0.15) is 4.99 Å². The van der Waals surface area contributed by atoms with E-state index in [0.29, 0.717) is 23.6 Å². The van der Waals surface area contributed by atoms with Crippen LogP contribution in [0.2, 0.25) is 0 Å². The molecule has 0 aliphatic carbocycles. The molecule has 0 saturated carbocycles. The van der Waals surface area contributed by atoms with E-state index in [2.05, 4.69) is 33.7 Å². The number of aliphatic imine (C=N–C) groups is 1. The highest BCUT2D eigenvalue weighted by Gasteiger charge is 2.21. The molecular formula is C23H20N4O2. The van der Waals surface area contributed by atoms with E-state index in [4.69, 9.17) is 10.3 Å². The molecule has 29 heavy (non-hydrogen) atoms. The first-order valence-electron chi connectivity index (χ1n) is 9.24. The van der Waals surface area contributed by atoms with Gasteiger partial charge in [-0.05, 0) is 23.3 Å². The number of rotatable bonds is 4. The summed E-state index contributed by atoms with van der Waals surface area (Å²) in [7, 11) is 0. The summed E-state index contributed by atoms with van der Waals surface area (Å²) in [5, 5.41) is 9.21. The Morgan fingerprint density at radius 2 is 1.76 bits per heavy atom. The van der Waals surface area contributed by atoms with E-state index in [1.807, 2.05) is 54.6 Å². The molecule has 4 rings (SSSR count). The number of aromatic nitrogens is 1. The van der Waals surface area contributed by atoms with Crippen molar-refractivity contribution in [1.82, 2.24) is 10.5 Å². The average molecular weight is 384 g/mol. The summed E-state index contributed by atoms with van der Waals surface area (Å²) in [5.41, 5.74) is 8.59. The molecule has 0 spiro atoms. The van der Waals surface area contributed by atoms with E-state index in [1.54, 1.807) is 6.92 Å². The van der Waals surface area contributed by atoms with Gasteiger partial charge in [0.2, 0.25) is 0 Å². The van der Waals surface area contributed by atoms with Gasteiger partial charge in [-0.25, -0.2) is 0 Å². The van der Waals surface area contributed by atoms with Gasteiger partial charge in [0.05, 0.1) is 5.69 Å². The number of hydrogen-bond donors (Lipinski definition) is 2. The summed E-state index contributed by atoms with van der Waals surface area (Å²) in [5.74, 6) is -0.0632. The molecule has 1 amide bonds. The van der Waals surface area contributed by atoms with Crippen LogP contribution in [0.4, 0.5) is 0 Å². The normalized spacial score (nSPS) is 11.6. The molecule has 1 aromatic heterocycles. The molecule has 3 N–H and O–H groups in total. The highest BCUT2D eigenvalue weighted by molar-refractivity contribution is 6.06. The number of fused-ring (bicyclic) bond motifs is 1. The van der Waals surface area contributed by atoms with E-state index < -0.39 is 5.91 Å². The van der Waals surface area contributed by atoms with Crippen molar-refractivity contribution in [2.24, 2.45) is 10.7 Å². The van der Waals surface area contributed by atoms with Crippen molar-refractivity contribution in [3.05, 3.63) is 89.6 Å². The second-order valence-electron chi connectivity index (χ2n) is 6.63. The maximum atomic E-state index is 12.7. The average Bonchev–Trinajstić information content (AvgIpc) is 3.14. The van der Waals surface area contributed by atoms with Gasteiger partial charge in [0, 0.05) is 12.1 Å². The maximum absolute atomic E-state index is 12.7. The Labute approximate surface area is 168 Å². The van der Waals surface area contributed by atoms with E-state index in [-0.39, 0.29) is 5.96 Å². The molecule has 0 radical (unpaired) electrons. The number of nitrogens with one attached hydrogen (secondary N) is 1. The van der Waals surface area contributed by atoms with Gasteiger partial charge in [0.1, 0.15) is 5.56 Å². The van der Waals surface area contributed by atoms with Crippen molar-refractivity contribution in [1.29, 1.82) is 0 Å². The molecule has 0 unspecified atom stereocenters. The van der Waals surface area contributed by atoms with Crippen LogP contribution in [0.5, 0.6) is 0 Å². The van der Waals surface area contributed by atoms with E-state index in [1.165, 1.54) is 0 Å². The number of guanidine groups is 1. The van der Waals surface area contributed by atoms with Crippen LogP contribution in [-0.4, -0.2) is 17.0 Å². The van der Waals surface area contributed by atoms with Gasteiger partial charge >= 0.3 is 0 Å². The Hall–Kier alpha value is -3.93. The van der Waals surface area contributed by atoms with Crippen molar-refractivity contribution in [2.75, 3.05) is 0 Å². The third-order valence-electron chi connectivity index (χ3n) is 4.67. The molecule has 0 fully saturated rings. The Morgan fingerprint density at radius 3 is 2.59 bits per heavy atom. The molecule has 4 aromatic rings. The van der Waals surface area contributed by atoms with Crippen LogP contribution in [0.25, 0.3) is 22.1 Å².